The third-order valence-corrected chi connectivity index (χ3v) is 4.57. The van der Waals surface area contributed by atoms with Crippen molar-refractivity contribution in [1.29, 1.82) is 0 Å². The molecule has 0 bridgehead atoms. The highest BCUT2D eigenvalue weighted by Crippen LogP contribution is 2.18. The number of benzene rings is 1. The molecule has 0 N–H and O–H groups in total. The minimum atomic E-state index is 0.153. The Morgan fingerprint density at radius 3 is 2.67 bits per heavy atom. The Balaban J connectivity index is 1.62. The van der Waals surface area contributed by atoms with Crippen molar-refractivity contribution in [2.45, 2.75) is 51.9 Å². The third-order valence-electron chi connectivity index (χ3n) is 4.57. The van der Waals surface area contributed by atoms with Gasteiger partial charge in [0.1, 0.15) is 5.75 Å². The summed E-state index contributed by atoms with van der Waals surface area (Å²) in [6.45, 7) is 6.07. The zero-order valence-electron chi connectivity index (χ0n) is 15.0. The molecule has 1 saturated heterocycles. The van der Waals surface area contributed by atoms with E-state index < -0.39 is 0 Å². The predicted molar refractivity (Wildman–Crippen MR) is 99.6 cm³/mol. The molecule has 2 rings (SSSR count). The van der Waals surface area contributed by atoms with Crippen LogP contribution in [-0.4, -0.2) is 36.9 Å². The molecule has 132 valence electrons. The van der Waals surface area contributed by atoms with Crippen molar-refractivity contribution in [2.75, 3.05) is 26.2 Å². The van der Waals surface area contributed by atoms with E-state index in [1.807, 2.05) is 24.3 Å². The maximum atomic E-state index is 11.9. The van der Waals surface area contributed by atoms with Crippen LogP contribution < -0.4 is 4.74 Å². The maximum Gasteiger partial charge on any atom is 0.158 e. The van der Waals surface area contributed by atoms with Crippen molar-refractivity contribution in [3.8, 4) is 5.75 Å². The van der Waals surface area contributed by atoms with Crippen LogP contribution in [0.4, 0.5) is 0 Å². The smallest absolute Gasteiger partial charge is 0.158 e. The molecule has 0 aromatic heterocycles. The monoisotopic (exact) mass is 329 g/mol. The first-order valence-corrected chi connectivity index (χ1v) is 9.42. The molecule has 0 spiro atoms. The van der Waals surface area contributed by atoms with Gasteiger partial charge in [0.25, 0.3) is 0 Å². The number of rotatable bonds is 9. The molecule has 1 aliphatic rings. The van der Waals surface area contributed by atoms with E-state index in [-0.39, 0.29) is 5.78 Å². The van der Waals surface area contributed by atoms with Crippen LogP contribution in [0, 0.1) is 0 Å². The number of nitrogens with zero attached hydrogens (tertiary/aromatic N) is 1. The van der Waals surface area contributed by atoms with E-state index in [1.165, 1.54) is 44.3 Å². The number of allylic oxidation sites excluding steroid dienone is 1. The van der Waals surface area contributed by atoms with Crippen molar-refractivity contribution >= 4 is 5.78 Å². The van der Waals surface area contributed by atoms with E-state index in [2.05, 4.69) is 17.9 Å². The standard InChI is InChI=1S/C21H31NO2/c1-2-19-11-5-6-13-21(19)24-18-14-20(23)12-7-10-17-22-15-8-3-4-9-16-22/h5-7,11-13H,2-4,8-10,14-18H2,1H3/b12-7+. The second-order valence-corrected chi connectivity index (χ2v) is 6.47. The van der Waals surface area contributed by atoms with E-state index in [1.54, 1.807) is 6.08 Å². The van der Waals surface area contributed by atoms with Crippen LogP contribution in [0.2, 0.25) is 0 Å². The van der Waals surface area contributed by atoms with Crippen molar-refractivity contribution < 1.29 is 9.53 Å². The summed E-state index contributed by atoms with van der Waals surface area (Å²) in [7, 11) is 0. The maximum absolute atomic E-state index is 11.9. The molecule has 1 aromatic rings. The second-order valence-electron chi connectivity index (χ2n) is 6.47. The topological polar surface area (TPSA) is 29.5 Å². The summed E-state index contributed by atoms with van der Waals surface area (Å²) in [6.07, 6.45) is 11.5. The van der Waals surface area contributed by atoms with Gasteiger partial charge in [-0.2, -0.15) is 0 Å². The predicted octanol–water partition coefficient (Wildman–Crippen LogP) is 4.41. The van der Waals surface area contributed by atoms with Crippen LogP contribution in [0.3, 0.4) is 0 Å². The number of likely N-dealkylation sites (tertiary alicyclic amines) is 1. The van der Waals surface area contributed by atoms with Crippen molar-refractivity contribution in [1.82, 2.24) is 4.90 Å². The zero-order valence-corrected chi connectivity index (χ0v) is 15.0. The summed E-state index contributed by atoms with van der Waals surface area (Å²) in [5.41, 5.74) is 1.19. The summed E-state index contributed by atoms with van der Waals surface area (Å²) >= 11 is 0. The van der Waals surface area contributed by atoms with Gasteiger partial charge in [-0.25, -0.2) is 0 Å². The quantitative estimate of drug-likeness (QED) is 0.629. The van der Waals surface area contributed by atoms with Gasteiger partial charge in [0.2, 0.25) is 0 Å². The van der Waals surface area contributed by atoms with E-state index in [9.17, 15) is 4.79 Å². The van der Waals surface area contributed by atoms with Gasteiger partial charge in [-0.3, -0.25) is 4.79 Å². The number of ether oxygens (including phenoxy) is 1. The number of carbonyl (C=O) groups excluding carboxylic acids is 1. The highest BCUT2D eigenvalue weighted by atomic mass is 16.5. The first-order chi connectivity index (χ1) is 11.8. The van der Waals surface area contributed by atoms with E-state index in [4.69, 9.17) is 4.74 Å². The SMILES string of the molecule is CCc1ccccc1OCCC(=O)/C=C/CCN1CCCCCC1. The van der Waals surface area contributed by atoms with Crippen molar-refractivity contribution in [3.63, 3.8) is 0 Å². The van der Waals surface area contributed by atoms with Gasteiger partial charge in [0, 0.05) is 13.0 Å². The number of hydrogen-bond donors (Lipinski definition) is 0. The average Bonchev–Trinajstić information content (AvgIpc) is 2.88. The van der Waals surface area contributed by atoms with Crippen LogP contribution in [-0.2, 0) is 11.2 Å². The number of ketones is 1. The van der Waals surface area contributed by atoms with Crippen molar-refractivity contribution in [2.24, 2.45) is 0 Å². The lowest BCUT2D eigenvalue weighted by atomic mass is 10.1. The zero-order chi connectivity index (χ0) is 17.0. The van der Waals surface area contributed by atoms with E-state index >= 15 is 0 Å². The first-order valence-electron chi connectivity index (χ1n) is 9.42. The molecule has 1 aromatic carbocycles. The molecule has 3 nitrogen and oxygen atoms in total. The van der Waals surface area contributed by atoms with E-state index in [0.29, 0.717) is 13.0 Å². The van der Waals surface area contributed by atoms with Gasteiger partial charge < -0.3 is 9.64 Å². The summed E-state index contributed by atoms with van der Waals surface area (Å²) < 4.78 is 5.75. The third kappa shape index (κ3) is 6.88. The highest BCUT2D eigenvalue weighted by molar-refractivity contribution is 5.89. The fourth-order valence-electron chi connectivity index (χ4n) is 3.11. The Hall–Kier alpha value is -1.61. The Labute approximate surface area is 146 Å². The lowest BCUT2D eigenvalue weighted by Crippen LogP contribution is -2.25. The molecule has 1 fully saturated rings. The lowest BCUT2D eigenvalue weighted by molar-refractivity contribution is -0.115. The number of aryl methyl sites for hydroxylation is 1. The van der Waals surface area contributed by atoms with Gasteiger partial charge in [-0.15, -0.1) is 0 Å². The molecule has 0 unspecified atom stereocenters. The Bertz CT molecular complexity index is 516. The van der Waals surface area contributed by atoms with Crippen molar-refractivity contribution in [3.05, 3.63) is 42.0 Å². The fraction of sp³-hybridized carbons (Fsp3) is 0.571. The fourth-order valence-corrected chi connectivity index (χ4v) is 3.11. The van der Waals surface area contributed by atoms with E-state index in [0.717, 1.165) is 25.1 Å². The Kier molecular flexibility index (Phi) is 8.61. The molecular weight excluding hydrogens is 298 g/mol. The molecule has 0 aliphatic carbocycles. The Morgan fingerprint density at radius 2 is 1.92 bits per heavy atom. The van der Waals surface area contributed by atoms with Gasteiger partial charge in [0.15, 0.2) is 5.78 Å². The molecule has 3 heteroatoms. The molecule has 24 heavy (non-hydrogen) atoms. The minimum absolute atomic E-state index is 0.153. The summed E-state index contributed by atoms with van der Waals surface area (Å²) in [4.78, 5) is 14.4. The van der Waals surface area contributed by atoms with Crippen LogP contribution in [0.25, 0.3) is 0 Å². The Morgan fingerprint density at radius 1 is 1.17 bits per heavy atom. The molecule has 0 saturated carbocycles. The van der Waals surface area contributed by atoms with Gasteiger partial charge >= 0.3 is 0 Å². The molecule has 0 amide bonds. The average molecular weight is 329 g/mol. The summed E-state index contributed by atoms with van der Waals surface area (Å²) in [5.74, 6) is 1.05. The second kappa shape index (κ2) is 11.0. The largest absolute Gasteiger partial charge is 0.493 e. The van der Waals surface area contributed by atoms with Crippen LogP contribution >= 0.6 is 0 Å². The highest BCUT2D eigenvalue weighted by Gasteiger charge is 2.07. The molecule has 0 radical (unpaired) electrons. The molecule has 1 heterocycles. The van der Waals surface area contributed by atoms with Crippen LogP contribution in [0.5, 0.6) is 5.75 Å². The van der Waals surface area contributed by atoms with Gasteiger partial charge in [0.05, 0.1) is 6.61 Å². The van der Waals surface area contributed by atoms with Gasteiger partial charge in [-0.05, 0) is 56.5 Å². The molecule has 1 aliphatic heterocycles. The lowest BCUT2D eigenvalue weighted by Gasteiger charge is -2.18. The summed E-state index contributed by atoms with van der Waals surface area (Å²) in [5, 5.41) is 0. The van der Waals surface area contributed by atoms with Crippen LogP contribution in [0.15, 0.2) is 36.4 Å². The number of para-hydroxylation sites is 1. The normalized spacial score (nSPS) is 16.2. The van der Waals surface area contributed by atoms with Crippen LogP contribution in [0.1, 0.15) is 51.0 Å². The number of hydrogen-bond acceptors (Lipinski definition) is 3. The number of carbonyl (C=O) groups is 1. The molecular formula is C21H31NO2. The van der Waals surface area contributed by atoms with Gasteiger partial charge in [-0.1, -0.05) is 44.0 Å². The molecule has 0 atom stereocenters. The summed E-state index contributed by atoms with van der Waals surface area (Å²) in [6, 6.07) is 8.03. The first kappa shape index (κ1) is 18.7. The minimum Gasteiger partial charge on any atom is -0.493 e.